The van der Waals surface area contributed by atoms with Gasteiger partial charge in [-0.3, -0.25) is 4.79 Å². The van der Waals surface area contributed by atoms with E-state index in [1.165, 1.54) is 16.7 Å². The molecule has 1 aliphatic carbocycles. The summed E-state index contributed by atoms with van der Waals surface area (Å²) in [7, 11) is 1.96. The predicted molar refractivity (Wildman–Crippen MR) is 83.0 cm³/mol. The molecule has 1 amide bonds. The third-order valence-corrected chi connectivity index (χ3v) is 5.14. The molecule has 4 rings (SSSR count). The summed E-state index contributed by atoms with van der Waals surface area (Å²) in [5.41, 5.74) is 4.12. The maximum atomic E-state index is 12.1. The van der Waals surface area contributed by atoms with Gasteiger partial charge in [0, 0.05) is 19.4 Å². The normalized spacial score (nSPS) is 27.4. The summed E-state index contributed by atoms with van der Waals surface area (Å²) in [5.74, 6) is 1.20. The second-order valence-electron chi connectivity index (χ2n) is 6.17. The topological polar surface area (TPSA) is 20.3 Å². The van der Waals surface area contributed by atoms with E-state index in [1.807, 2.05) is 11.9 Å². The van der Waals surface area contributed by atoms with Crippen molar-refractivity contribution in [2.24, 2.45) is 5.92 Å². The van der Waals surface area contributed by atoms with Gasteiger partial charge in [-0.25, -0.2) is 0 Å². The van der Waals surface area contributed by atoms with Gasteiger partial charge in [0.2, 0.25) is 5.91 Å². The molecule has 1 aliphatic heterocycles. The molecule has 2 heteroatoms. The summed E-state index contributed by atoms with van der Waals surface area (Å²) < 4.78 is 0. The number of rotatable bonds is 1. The zero-order valence-electron chi connectivity index (χ0n) is 12.2. The predicted octanol–water partition coefficient (Wildman–Crippen LogP) is 3.74. The Kier molecular flexibility index (Phi) is 2.85. The molecule has 2 aromatic rings. The van der Waals surface area contributed by atoms with Crippen LogP contribution in [-0.2, 0) is 4.79 Å². The van der Waals surface area contributed by atoms with E-state index in [4.69, 9.17) is 0 Å². The minimum Gasteiger partial charge on any atom is -0.338 e. The van der Waals surface area contributed by atoms with Crippen LogP contribution in [0.15, 0.2) is 54.6 Å². The number of nitrogens with zero attached hydrogens (tertiary/aromatic N) is 1. The molecule has 21 heavy (non-hydrogen) atoms. The van der Waals surface area contributed by atoms with Crippen LogP contribution in [0.1, 0.15) is 41.5 Å². The minimum absolute atomic E-state index is 0.243. The molecular formula is C19H19NO. The summed E-state index contributed by atoms with van der Waals surface area (Å²) in [5, 5.41) is 0. The van der Waals surface area contributed by atoms with E-state index in [-0.39, 0.29) is 11.9 Å². The Morgan fingerprint density at radius 3 is 2.38 bits per heavy atom. The fourth-order valence-corrected chi connectivity index (χ4v) is 4.24. The van der Waals surface area contributed by atoms with Crippen LogP contribution in [0, 0.1) is 5.92 Å². The first-order valence-corrected chi connectivity index (χ1v) is 7.67. The Morgan fingerprint density at radius 1 is 0.952 bits per heavy atom. The first kappa shape index (κ1) is 12.6. The molecule has 0 N–H and O–H groups in total. The van der Waals surface area contributed by atoms with E-state index in [1.54, 1.807) is 0 Å². The van der Waals surface area contributed by atoms with Crippen molar-refractivity contribution >= 4 is 5.91 Å². The summed E-state index contributed by atoms with van der Waals surface area (Å²) in [6.07, 6.45) is 1.66. The number of amides is 1. The third-order valence-electron chi connectivity index (χ3n) is 5.14. The smallest absolute Gasteiger partial charge is 0.222 e. The zero-order valence-corrected chi connectivity index (χ0v) is 12.2. The number of hydrogen-bond acceptors (Lipinski definition) is 1. The molecular weight excluding hydrogens is 258 g/mol. The third kappa shape index (κ3) is 1.82. The van der Waals surface area contributed by atoms with Gasteiger partial charge in [0.25, 0.3) is 0 Å². The van der Waals surface area contributed by atoms with Crippen LogP contribution in [0.25, 0.3) is 0 Å². The highest BCUT2D eigenvalue weighted by Crippen LogP contribution is 2.54. The van der Waals surface area contributed by atoms with Crippen LogP contribution in [-0.4, -0.2) is 17.9 Å². The van der Waals surface area contributed by atoms with Gasteiger partial charge in [0.05, 0.1) is 6.04 Å². The summed E-state index contributed by atoms with van der Waals surface area (Å²) in [6, 6.07) is 19.6. The van der Waals surface area contributed by atoms with Gasteiger partial charge in [-0.2, -0.15) is 0 Å². The lowest BCUT2D eigenvalue weighted by Gasteiger charge is -2.37. The number of fused-ring (bicyclic) bond motifs is 3. The molecule has 0 saturated carbocycles. The zero-order chi connectivity index (χ0) is 14.4. The van der Waals surface area contributed by atoms with E-state index in [2.05, 4.69) is 54.6 Å². The highest BCUT2D eigenvalue weighted by Gasteiger charge is 2.46. The van der Waals surface area contributed by atoms with Crippen LogP contribution < -0.4 is 0 Å². The fraction of sp³-hybridized carbons (Fsp3) is 0.316. The molecule has 1 fully saturated rings. The molecule has 0 spiro atoms. The average Bonchev–Trinajstić information content (AvgIpc) is 2.87. The molecule has 0 bridgehead atoms. The molecule has 0 aromatic heterocycles. The van der Waals surface area contributed by atoms with E-state index in [0.717, 1.165) is 6.42 Å². The van der Waals surface area contributed by atoms with Crippen LogP contribution >= 0.6 is 0 Å². The van der Waals surface area contributed by atoms with Gasteiger partial charge in [-0.05, 0) is 29.0 Å². The van der Waals surface area contributed by atoms with Gasteiger partial charge in [-0.1, -0.05) is 54.6 Å². The quantitative estimate of drug-likeness (QED) is 0.777. The van der Waals surface area contributed by atoms with Gasteiger partial charge in [0.1, 0.15) is 0 Å². The highest BCUT2D eigenvalue weighted by atomic mass is 16.2. The molecule has 2 aliphatic rings. The number of carbonyl (C=O) groups is 1. The molecule has 2 nitrogen and oxygen atoms in total. The Labute approximate surface area is 125 Å². The van der Waals surface area contributed by atoms with Gasteiger partial charge in [0.15, 0.2) is 0 Å². The SMILES string of the molecule is CN1C(=O)CC[C@@H]2C1c1ccccc1[C@H]2c1ccccc1. The second kappa shape index (κ2) is 4.73. The van der Waals surface area contributed by atoms with E-state index >= 15 is 0 Å². The maximum absolute atomic E-state index is 12.1. The van der Waals surface area contributed by atoms with Crippen molar-refractivity contribution in [1.82, 2.24) is 4.90 Å². The van der Waals surface area contributed by atoms with Gasteiger partial charge >= 0.3 is 0 Å². The number of carbonyl (C=O) groups excluding carboxylic acids is 1. The maximum Gasteiger partial charge on any atom is 0.222 e. The lowest BCUT2D eigenvalue weighted by atomic mass is 9.80. The summed E-state index contributed by atoms with van der Waals surface area (Å²) >= 11 is 0. The summed E-state index contributed by atoms with van der Waals surface area (Å²) in [6.45, 7) is 0. The van der Waals surface area contributed by atoms with Gasteiger partial charge in [-0.15, -0.1) is 0 Å². The van der Waals surface area contributed by atoms with Crippen LogP contribution in [0.4, 0.5) is 0 Å². The van der Waals surface area contributed by atoms with Crippen LogP contribution in [0.2, 0.25) is 0 Å². The second-order valence-corrected chi connectivity index (χ2v) is 6.17. The Bertz CT molecular complexity index is 679. The Hall–Kier alpha value is -2.09. The van der Waals surface area contributed by atoms with Crippen molar-refractivity contribution in [2.45, 2.75) is 24.8 Å². The number of hydrogen-bond donors (Lipinski definition) is 0. The minimum atomic E-state index is 0.243. The van der Waals surface area contributed by atoms with Crippen molar-refractivity contribution in [2.75, 3.05) is 7.05 Å². The summed E-state index contributed by atoms with van der Waals surface area (Å²) in [4.78, 5) is 14.1. The standard InChI is InChI=1S/C19H19NO/c1-20-17(21)12-11-16-18(13-7-3-2-4-8-13)14-9-5-6-10-15(14)19(16)20/h2-10,16,18-19H,11-12H2,1H3/t16-,18+,19?/m0/s1. The van der Waals surface area contributed by atoms with E-state index in [9.17, 15) is 4.79 Å². The van der Waals surface area contributed by atoms with Crippen molar-refractivity contribution in [3.05, 3.63) is 71.3 Å². The van der Waals surface area contributed by atoms with Crippen molar-refractivity contribution in [3.63, 3.8) is 0 Å². The largest absolute Gasteiger partial charge is 0.338 e. The monoisotopic (exact) mass is 277 g/mol. The number of benzene rings is 2. The first-order chi connectivity index (χ1) is 10.3. The van der Waals surface area contributed by atoms with Crippen molar-refractivity contribution in [3.8, 4) is 0 Å². The van der Waals surface area contributed by atoms with E-state index < -0.39 is 0 Å². The first-order valence-electron chi connectivity index (χ1n) is 7.67. The Balaban J connectivity index is 1.87. The molecule has 1 unspecified atom stereocenters. The average molecular weight is 277 g/mol. The van der Waals surface area contributed by atoms with Crippen LogP contribution in [0.3, 0.4) is 0 Å². The van der Waals surface area contributed by atoms with Crippen molar-refractivity contribution in [1.29, 1.82) is 0 Å². The van der Waals surface area contributed by atoms with Crippen LogP contribution in [0.5, 0.6) is 0 Å². The molecule has 106 valence electrons. The fourth-order valence-electron chi connectivity index (χ4n) is 4.24. The molecule has 2 aromatic carbocycles. The molecule has 0 radical (unpaired) electrons. The Morgan fingerprint density at radius 2 is 1.62 bits per heavy atom. The number of piperidine rings is 1. The molecule has 1 heterocycles. The highest BCUT2D eigenvalue weighted by molar-refractivity contribution is 5.78. The van der Waals surface area contributed by atoms with Gasteiger partial charge < -0.3 is 4.90 Å². The lowest BCUT2D eigenvalue weighted by Crippen LogP contribution is -2.39. The van der Waals surface area contributed by atoms with Crippen molar-refractivity contribution < 1.29 is 4.79 Å². The molecule has 3 atom stereocenters. The van der Waals surface area contributed by atoms with E-state index in [0.29, 0.717) is 18.3 Å². The number of likely N-dealkylation sites (tertiary alicyclic amines) is 1. The lowest BCUT2D eigenvalue weighted by molar-refractivity contribution is -0.136. The molecule has 1 saturated heterocycles.